The Morgan fingerprint density at radius 2 is 2.28 bits per heavy atom. The highest BCUT2D eigenvalue weighted by atomic mass is 16.4. The molecule has 0 spiro atoms. The molecule has 1 saturated carbocycles. The van der Waals surface area contributed by atoms with Gasteiger partial charge in [-0.05, 0) is 49.4 Å². The summed E-state index contributed by atoms with van der Waals surface area (Å²) < 4.78 is 0. The molecule has 0 saturated heterocycles. The fourth-order valence-electron chi connectivity index (χ4n) is 2.07. The Labute approximate surface area is 107 Å². The zero-order valence-corrected chi connectivity index (χ0v) is 10.5. The smallest absolute Gasteiger partial charge is 0.335 e. The van der Waals surface area contributed by atoms with Crippen LogP contribution in [0.4, 0.5) is 5.69 Å². The quantitative estimate of drug-likeness (QED) is 0.808. The first-order chi connectivity index (χ1) is 8.61. The van der Waals surface area contributed by atoms with Gasteiger partial charge in [-0.3, -0.25) is 0 Å². The molecule has 1 fully saturated rings. The van der Waals surface area contributed by atoms with Crippen LogP contribution in [-0.4, -0.2) is 24.2 Å². The molecule has 3 nitrogen and oxygen atoms in total. The number of carboxylic acids is 1. The lowest BCUT2D eigenvalue weighted by Crippen LogP contribution is -2.26. The molecule has 1 aromatic carbocycles. The highest BCUT2D eigenvalue weighted by Crippen LogP contribution is 2.31. The largest absolute Gasteiger partial charge is 0.478 e. The van der Waals surface area contributed by atoms with Gasteiger partial charge in [0.2, 0.25) is 0 Å². The summed E-state index contributed by atoms with van der Waals surface area (Å²) in [6, 6.07) is 5.41. The van der Waals surface area contributed by atoms with E-state index in [4.69, 9.17) is 11.5 Å². The third-order valence-electron chi connectivity index (χ3n) is 3.26. The van der Waals surface area contributed by atoms with Crippen molar-refractivity contribution in [2.24, 2.45) is 5.92 Å². The van der Waals surface area contributed by atoms with Gasteiger partial charge in [0.05, 0.1) is 12.1 Å². The number of hydrogen-bond acceptors (Lipinski definition) is 2. The second-order valence-corrected chi connectivity index (χ2v) is 4.83. The Bertz CT molecular complexity index is 498. The molecule has 1 aliphatic carbocycles. The molecule has 0 bridgehead atoms. The fraction of sp³-hybridized carbons (Fsp3) is 0.400. The second kappa shape index (κ2) is 5.14. The summed E-state index contributed by atoms with van der Waals surface area (Å²) in [5.74, 6) is 2.53. The Morgan fingerprint density at radius 1 is 1.56 bits per heavy atom. The molecule has 0 aromatic heterocycles. The van der Waals surface area contributed by atoms with Gasteiger partial charge < -0.3 is 10.0 Å². The van der Waals surface area contributed by atoms with E-state index in [0.717, 1.165) is 23.7 Å². The van der Waals surface area contributed by atoms with Gasteiger partial charge in [0, 0.05) is 12.2 Å². The Hall–Kier alpha value is -1.95. The van der Waals surface area contributed by atoms with Crippen molar-refractivity contribution in [3.63, 3.8) is 0 Å². The molecule has 0 unspecified atom stereocenters. The first kappa shape index (κ1) is 12.5. The van der Waals surface area contributed by atoms with E-state index in [0.29, 0.717) is 12.1 Å². The van der Waals surface area contributed by atoms with Crippen molar-refractivity contribution in [2.75, 3.05) is 18.0 Å². The van der Waals surface area contributed by atoms with Gasteiger partial charge in [-0.15, -0.1) is 6.42 Å². The SMILES string of the molecule is C#CCN(CC1CC1)c1ccc(C(=O)O)c(C)c1. The molecule has 0 radical (unpaired) electrons. The van der Waals surface area contributed by atoms with Gasteiger partial charge in [0.1, 0.15) is 0 Å². The van der Waals surface area contributed by atoms with Crippen molar-refractivity contribution in [1.29, 1.82) is 0 Å². The summed E-state index contributed by atoms with van der Waals surface area (Å²) in [5, 5.41) is 9.01. The van der Waals surface area contributed by atoms with Gasteiger partial charge in [-0.25, -0.2) is 4.79 Å². The minimum atomic E-state index is -0.884. The van der Waals surface area contributed by atoms with E-state index in [1.165, 1.54) is 12.8 Å². The highest BCUT2D eigenvalue weighted by molar-refractivity contribution is 5.89. The molecule has 0 atom stereocenters. The van der Waals surface area contributed by atoms with E-state index in [-0.39, 0.29) is 0 Å². The fourth-order valence-corrected chi connectivity index (χ4v) is 2.07. The van der Waals surface area contributed by atoms with Gasteiger partial charge in [0.15, 0.2) is 0 Å². The van der Waals surface area contributed by atoms with Crippen molar-refractivity contribution < 1.29 is 9.90 Å². The van der Waals surface area contributed by atoms with Crippen molar-refractivity contribution >= 4 is 11.7 Å². The van der Waals surface area contributed by atoms with Gasteiger partial charge >= 0.3 is 5.97 Å². The number of benzene rings is 1. The summed E-state index contributed by atoms with van der Waals surface area (Å²) in [4.78, 5) is 13.1. The molecule has 1 N–H and O–H groups in total. The molecule has 3 heteroatoms. The molecule has 18 heavy (non-hydrogen) atoms. The van der Waals surface area contributed by atoms with Gasteiger partial charge in [-0.2, -0.15) is 0 Å². The number of carboxylic acid groups (broad SMARTS) is 1. The van der Waals surface area contributed by atoms with Gasteiger partial charge in [0.25, 0.3) is 0 Å². The van der Waals surface area contributed by atoms with Crippen molar-refractivity contribution in [2.45, 2.75) is 19.8 Å². The molecule has 94 valence electrons. The number of hydrogen-bond donors (Lipinski definition) is 1. The summed E-state index contributed by atoms with van der Waals surface area (Å²) in [5.41, 5.74) is 2.14. The number of carbonyl (C=O) groups is 1. The lowest BCUT2D eigenvalue weighted by Gasteiger charge is -2.23. The van der Waals surface area contributed by atoms with Crippen LogP contribution in [0, 0.1) is 25.2 Å². The highest BCUT2D eigenvalue weighted by Gasteiger charge is 2.24. The van der Waals surface area contributed by atoms with E-state index in [9.17, 15) is 4.79 Å². The van der Waals surface area contributed by atoms with Crippen LogP contribution < -0.4 is 4.90 Å². The van der Waals surface area contributed by atoms with E-state index in [1.807, 2.05) is 19.1 Å². The number of aryl methyl sites for hydroxylation is 1. The van der Waals surface area contributed by atoms with E-state index >= 15 is 0 Å². The minimum absolute atomic E-state index is 0.353. The maximum Gasteiger partial charge on any atom is 0.335 e. The van der Waals surface area contributed by atoms with Crippen LogP contribution in [0.3, 0.4) is 0 Å². The van der Waals surface area contributed by atoms with Crippen LogP contribution in [0.25, 0.3) is 0 Å². The van der Waals surface area contributed by atoms with Crippen molar-refractivity contribution in [3.8, 4) is 12.3 Å². The van der Waals surface area contributed by atoms with Crippen molar-refractivity contribution in [1.82, 2.24) is 0 Å². The summed E-state index contributed by atoms with van der Waals surface area (Å²) in [7, 11) is 0. The average Bonchev–Trinajstić information content (AvgIpc) is 3.11. The maximum atomic E-state index is 11.0. The number of terminal acetylenes is 1. The molecule has 0 amide bonds. The molecule has 0 heterocycles. The lowest BCUT2D eigenvalue weighted by atomic mass is 10.1. The Balaban J connectivity index is 2.21. The number of anilines is 1. The molecular weight excluding hydrogens is 226 g/mol. The second-order valence-electron chi connectivity index (χ2n) is 4.83. The first-order valence-electron chi connectivity index (χ1n) is 6.14. The standard InChI is InChI=1S/C15H17NO2/c1-3-8-16(10-12-4-5-12)13-6-7-14(15(17)18)11(2)9-13/h1,6-7,9,12H,4-5,8,10H2,2H3,(H,17,18). The molecule has 1 aromatic rings. The maximum absolute atomic E-state index is 11.0. The molecule has 0 aliphatic heterocycles. The molecular formula is C15H17NO2. The molecule has 2 rings (SSSR count). The third kappa shape index (κ3) is 2.84. The summed E-state index contributed by atoms with van der Waals surface area (Å²) >= 11 is 0. The third-order valence-corrected chi connectivity index (χ3v) is 3.26. The zero-order valence-electron chi connectivity index (χ0n) is 10.5. The topological polar surface area (TPSA) is 40.5 Å². The van der Waals surface area contributed by atoms with Crippen LogP contribution in [0.15, 0.2) is 18.2 Å². The van der Waals surface area contributed by atoms with E-state index < -0.39 is 5.97 Å². The number of nitrogens with zero attached hydrogens (tertiary/aromatic N) is 1. The Morgan fingerprint density at radius 3 is 2.78 bits per heavy atom. The van der Waals surface area contributed by atoms with Crippen LogP contribution >= 0.6 is 0 Å². The van der Waals surface area contributed by atoms with E-state index in [2.05, 4.69) is 10.8 Å². The van der Waals surface area contributed by atoms with Crippen LogP contribution in [0.1, 0.15) is 28.8 Å². The van der Waals surface area contributed by atoms with Gasteiger partial charge in [-0.1, -0.05) is 5.92 Å². The number of rotatable bonds is 5. The normalized spacial score (nSPS) is 14.0. The zero-order chi connectivity index (χ0) is 13.1. The predicted octanol–water partition coefficient (Wildman–Crippen LogP) is 2.54. The monoisotopic (exact) mass is 243 g/mol. The predicted molar refractivity (Wildman–Crippen MR) is 71.9 cm³/mol. The first-order valence-corrected chi connectivity index (χ1v) is 6.14. The molecule has 1 aliphatic rings. The summed E-state index contributed by atoms with van der Waals surface area (Å²) in [6.07, 6.45) is 7.94. The minimum Gasteiger partial charge on any atom is -0.478 e. The van der Waals surface area contributed by atoms with Crippen LogP contribution in [-0.2, 0) is 0 Å². The lowest BCUT2D eigenvalue weighted by molar-refractivity contribution is 0.0696. The van der Waals surface area contributed by atoms with Crippen LogP contribution in [0.5, 0.6) is 0 Å². The average molecular weight is 243 g/mol. The van der Waals surface area contributed by atoms with Crippen LogP contribution in [0.2, 0.25) is 0 Å². The summed E-state index contributed by atoms with van der Waals surface area (Å²) in [6.45, 7) is 3.36. The number of aromatic carboxylic acids is 1. The van der Waals surface area contributed by atoms with Crippen molar-refractivity contribution in [3.05, 3.63) is 29.3 Å². The Kier molecular flexibility index (Phi) is 3.57. The van der Waals surface area contributed by atoms with E-state index in [1.54, 1.807) is 6.07 Å².